The summed E-state index contributed by atoms with van der Waals surface area (Å²) < 4.78 is 5.21. The summed E-state index contributed by atoms with van der Waals surface area (Å²) in [6.45, 7) is 9.38. The summed E-state index contributed by atoms with van der Waals surface area (Å²) in [6.07, 6.45) is 0.607. The molecular weight excluding hydrogens is 298 g/mol. The van der Waals surface area contributed by atoms with Crippen LogP contribution >= 0.6 is 0 Å². The molecular formula is C15H23N5O3. The number of carbonyl (C=O) groups excluding carboxylic acids is 2. The van der Waals surface area contributed by atoms with Gasteiger partial charge in [-0.25, -0.2) is 4.79 Å². The van der Waals surface area contributed by atoms with E-state index in [2.05, 4.69) is 20.4 Å². The molecule has 0 radical (unpaired) electrons. The van der Waals surface area contributed by atoms with Crippen LogP contribution in [0.15, 0.2) is 4.52 Å². The van der Waals surface area contributed by atoms with E-state index in [1.807, 2.05) is 27.7 Å². The van der Waals surface area contributed by atoms with Gasteiger partial charge in [0.2, 0.25) is 5.89 Å². The standard InChI is InChI=1S/C15H23N5O3/c1-9(2)12-16-11(18-23-12)7-19-6-5-15(8-19)13(21)20(10(3)4)14(22)17-15/h9-10H,5-8H2,1-4H3,(H,17,22)/t15-/m0/s1. The third-order valence-electron chi connectivity index (χ3n) is 4.40. The molecule has 3 amide bonds. The fraction of sp³-hybridized carbons (Fsp3) is 0.733. The molecule has 8 nitrogen and oxygen atoms in total. The molecule has 1 atom stereocenters. The van der Waals surface area contributed by atoms with Gasteiger partial charge in [0, 0.05) is 25.0 Å². The second-order valence-electron chi connectivity index (χ2n) is 6.95. The molecule has 2 aliphatic rings. The summed E-state index contributed by atoms with van der Waals surface area (Å²) >= 11 is 0. The zero-order valence-electron chi connectivity index (χ0n) is 14.0. The summed E-state index contributed by atoms with van der Waals surface area (Å²) in [5.74, 6) is 1.29. The Labute approximate surface area is 135 Å². The van der Waals surface area contributed by atoms with Crippen LogP contribution in [0.5, 0.6) is 0 Å². The first-order chi connectivity index (χ1) is 10.8. The zero-order chi connectivity index (χ0) is 16.8. The van der Waals surface area contributed by atoms with Crippen molar-refractivity contribution in [3.8, 4) is 0 Å². The first kappa shape index (κ1) is 15.9. The highest BCUT2D eigenvalue weighted by Crippen LogP contribution is 2.30. The monoisotopic (exact) mass is 321 g/mol. The van der Waals surface area contributed by atoms with Gasteiger partial charge in [0.05, 0.1) is 6.54 Å². The lowest BCUT2D eigenvalue weighted by molar-refractivity contribution is -0.132. The summed E-state index contributed by atoms with van der Waals surface area (Å²) in [5, 5.41) is 6.86. The SMILES string of the molecule is CC(C)c1nc(CN2CC[C@@]3(C2)NC(=O)N(C(C)C)C3=O)no1. The van der Waals surface area contributed by atoms with Gasteiger partial charge in [0.15, 0.2) is 5.82 Å². The van der Waals surface area contributed by atoms with E-state index in [0.717, 1.165) is 0 Å². The van der Waals surface area contributed by atoms with Gasteiger partial charge < -0.3 is 9.84 Å². The Hall–Kier alpha value is -1.96. The van der Waals surface area contributed by atoms with Crippen molar-refractivity contribution < 1.29 is 14.1 Å². The molecule has 1 spiro atoms. The molecule has 0 unspecified atom stereocenters. The summed E-state index contributed by atoms with van der Waals surface area (Å²) in [7, 11) is 0. The van der Waals surface area contributed by atoms with Crippen molar-refractivity contribution in [2.24, 2.45) is 0 Å². The van der Waals surface area contributed by atoms with Crippen LogP contribution < -0.4 is 5.32 Å². The first-order valence-electron chi connectivity index (χ1n) is 8.03. The number of nitrogens with zero attached hydrogens (tertiary/aromatic N) is 4. The van der Waals surface area contributed by atoms with Crippen molar-refractivity contribution in [2.75, 3.05) is 13.1 Å². The smallest absolute Gasteiger partial charge is 0.325 e. The molecule has 0 aromatic carbocycles. The average molecular weight is 321 g/mol. The van der Waals surface area contributed by atoms with Gasteiger partial charge >= 0.3 is 6.03 Å². The number of rotatable bonds is 4. The number of hydrogen-bond donors (Lipinski definition) is 1. The average Bonchev–Trinajstić information content (AvgIpc) is 3.12. The number of amides is 3. The maximum atomic E-state index is 12.6. The predicted octanol–water partition coefficient (Wildman–Crippen LogP) is 1.10. The van der Waals surface area contributed by atoms with Crippen LogP contribution in [-0.2, 0) is 11.3 Å². The third kappa shape index (κ3) is 2.71. The minimum Gasteiger partial charge on any atom is -0.339 e. The Kier molecular flexibility index (Phi) is 3.87. The second kappa shape index (κ2) is 5.59. The van der Waals surface area contributed by atoms with E-state index < -0.39 is 5.54 Å². The van der Waals surface area contributed by atoms with Crippen LogP contribution in [0.2, 0.25) is 0 Å². The predicted molar refractivity (Wildman–Crippen MR) is 81.5 cm³/mol. The molecule has 2 fully saturated rings. The van der Waals surface area contributed by atoms with E-state index in [-0.39, 0.29) is 23.9 Å². The van der Waals surface area contributed by atoms with Crippen LogP contribution in [0.1, 0.15) is 51.7 Å². The van der Waals surface area contributed by atoms with Gasteiger partial charge in [-0.3, -0.25) is 14.6 Å². The lowest BCUT2D eigenvalue weighted by Crippen LogP contribution is -2.49. The van der Waals surface area contributed by atoms with Crippen molar-refractivity contribution >= 4 is 11.9 Å². The molecule has 2 saturated heterocycles. The molecule has 1 aromatic heterocycles. The molecule has 0 bridgehead atoms. The minimum absolute atomic E-state index is 0.129. The zero-order valence-corrected chi connectivity index (χ0v) is 14.0. The number of carbonyl (C=O) groups is 2. The van der Waals surface area contributed by atoms with Crippen molar-refractivity contribution in [3.05, 3.63) is 11.7 Å². The van der Waals surface area contributed by atoms with Crippen molar-refractivity contribution in [1.29, 1.82) is 0 Å². The van der Waals surface area contributed by atoms with Crippen LogP contribution in [0.4, 0.5) is 4.79 Å². The quantitative estimate of drug-likeness (QED) is 0.835. The molecule has 1 N–H and O–H groups in total. The number of likely N-dealkylation sites (tertiary alicyclic amines) is 1. The largest absolute Gasteiger partial charge is 0.339 e. The highest BCUT2D eigenvalue weighted by atomic mass is 16.5. The van der Waals surface area contributed by atoms with Crippen LogP contribution in [0.3, 0.4) is 0 Å². The molecule has 0 saturated carbocycles. The Balaban J connectivity index is 1.68. The maximum absolute atomic E-state index is 12.6. The third-order valence-corrected chi connectivity index (χ3v) is 4.40. The van der Waals surface area contributed by atoms with Crippen molar-refractivity contribution in [2.45, 2.75) is 58.2 Å². The van der Waals surface area contributed by atoms with Crippen molar-refractivity contribution in [1.82, 2.24) is 25.3 Å². The van der Waals surface area contributed by atoms with Crippen LogP contribution in [0.25, 0.3) is 0 Å². The highest BCUT2D eigenvalue weighted by molar-refractivity contribution is 6.07. The number of hydrogen-bond acceptors (Lipinski definition) is 6. The van der Waals surface area contributed by atoms with Crippen LogP contribution in [0, 0.1) is 0 Å². The molecule has 3 rings (SSSR count). The van der Waals surface area contributed by atoms with Crippen LogP contribution in [-0.4, -0.2) is 56.5 Å². The normalized spacial score (nSPS) is 25.4. The summed E-state index contributed by atoms with van der Waals surface area (Å²) in [4.78, 5) is 32.5. The Bertz CT molecular complexity index is 626. The molecule has 23 heavy (non-hydrogen) atoms. The fourth-order valence-electron chi connectivity index (χ4n) is 3.18. The molecule has 1 aromatic rings. The molecule has 126 valence electrons. The Morgan fingerprint density at radius 3 is 2.61 bits per heavy atom. The van der Waals surface area contributed by atoms with Crippen molar-refractivity contribution in [3.63, 3.8) is 0 Å². The molecule has 0 aliphatic carbocycles. The number of urea groups is 1. The fourth-order valence-corrected chi connectivity index (χ4v) is 3.18. The van der Waals surface area contributed by atoms with Gasteiger partial charge in [0.25, 0.3) is 5.91 Å². The molecule has 2 aliphatic heterocycles. The first-order valence-corrected chi connectivity index (χ1v) is 8.03. The molecule has 8 heteroatoms. The summed E-state index contributed by atoms with van der Waals surface area (Å²) in [6, 6.07) is -0.435. The maximum Gasteiger partial charge on any atom is 0.325 e. The lowest BCUT2D eigenvalue weighted by Gasteiger charge is -2.22. The van der Waals surface area contributed by atoms with E-state index in [9.17, 15) is 9.59 Å². The second-order valence-corrected chi connectivity index (χ2v) is 6.95. The lowest BCUT2D eigenvalue weighted by atomic mass is 9.99. The highest BCUT2D eigenvalue weighted by Gasteiger charge is 2.55. The van der Waals surface area contributed by atoms with E-state index >= 15 is 0 Å². The number of nitrogens with one attached hydrogen (secondary N) is 1. The van der Waals surface area contributed by atoms with Gasteiger partial charge in [-0.1, -0.05) is 19.0 Å². The number of aromatic nitrogens is 2. The molecule has 3 heterocycles. The Morgan fingerprint density at radius 2 is 2.04 bits per heavy atom. The van der Waals surface area contributed by atoms with E-state index in [1.165, 1.54) is 4.90 Å². The van der Waals surface area contributed by atoms with E-state index in [0.29, 0.717) is 37.8 Å². The van der Waals surface area contributed by atoms with Gasteiger partial charge in [-0.2, -0.15) is 4.98 Å². The summed E-state index contributed by atoms with van der Waals surface area (Å²) in [5.41, 5.74) is -0.800. The van der Waals surface area contributed by atoms with E-state index in [4.69, 9.17) is 4.52 Å². The minimum atomic E-state index is -0.800. The van der Waals surface area contributed by atoms with Gasteiger partial charge in [-0.15, -0.1) is 0 Å². The number of imide groups is 1. The topological polar surface area (TPSA) is 91.6 Å². The van der Waals surface area contributed by atoms with Gasteiger partial charge in [0.1, 0.15) is 5.54 Å². The van der Waals surface area contributed by atoms with Gasteiger partial charge in [-0.05, 0) is 20.3 Å². The Morgan fingerprint density at radius 1 is 1.30 bits per heavy atom. The van der Waals surface area contributed by atoms with E-state index in [1.54, 1.807) is 0 Å².